The van der Waals surface area contributed by atoms with Gasteiger partial charge < -0.3 is 9.76 Å². The van der Waals surface area contributed by atoms with E-state index in [0.29, 0.717) is 0 Å². The van der Waals surface area contributed by atoms with Gasteiger partial charge in [-0.25, -0.2) is 8.42 Å². The minimum absolute atomic E-state index is 0. The van der Waals surface area contributed by atoms with Crippen LogP contribution in [0.5, 0.6) is 0 Å². The summed E-state index contributed by atoms with van der Waals surface area (Å²) in [5, 5.41) is 7.57. The van der Waals surface area contributed by atoms with Crippen LogP contribution >= 0.6 is 0 Å². The molecule has 0 heterocycles. The van der Waals surface area contributed by atoms with Crippen molar-refractivity contribution in [1.29, 1.82) is 0 Å². The van der Waals surface area contributed by atoms with Crippen molar-refractivity contribution in [1.82, 2.24) is 5.48 Å². The zero-order valence-corrected chi connectivity index (χ0v) is 7.10. The number of hydrogen-bond donors (Lipinski definition) is 2. The molecule has 0 aromatic rings. The summed E-state index contributed by atoms with van der Waals surface area (Å²) in [6.45, 7) is 0. The van der Waals surface area contributed by atoms with Gasteiger partial charge in [-0.3, -0.25) is 0 Å². The summed E-state index contributed by atoms with van der Waals surface area (Å²) in [6.07, 6.45) is 0. The minimum Gasteiger partial charge on any atom is -0.747 e. The molecule has 5 nitrogen and oxygen atoms in total. The fraction of sp³-hybridized carbons (Fsp3) is 1.00. The van der Waals surface area contributed by atoms with E-state index in [0.717, 1.165) is 0 Å². The van der Waals surface area contributed by atoms with Gasteiger partial charge in [0.15, 0.2) is 0 Å². The van der Waals surface area contributed by atoms with Crippen molar-refractivity contribution in [3.05, 3.63) is 0 Å². The van der Waals surface area contributed by atoms with Gasteiger partial charge in [0.25, 0.3) is 0 Å². The van der Waals surface area contributed by atoms with Gasteiger partial charge in [-0.05, 0) is 0 Å². The van der Waals surface area contributed by atoms with E-state index in [1.54, 1.807) is 0 Å². The van der Waals surface area contributed by atoms with Gasteiger partial charge >= 0.3 is 29.6 Å². The van der Waals surface area contributed by atoms with E-state index in [1.165, 1.54) is 5.48 Å². The molecule has 0 amide bonds. The summed E-state index contributed by atoms with van der Waals surface area (Å²) in [5.74, 6) is -0.938. The van der Waals surface area contributed by atoms with E-state index in [-0.39, 0.29) is 29.6 Å². The summed E-state index contributed by atoms with van der Waals surface area (Å²) in [6, 6.07) is 0. The van der Waals surface area contributed by atoms with Crippen LogP contribution in [0.2, 0.25) is 0 Å². The Morgan fingerprint density at radius 3 is 2.00 bits per heavy atom. The number of rotatable bonds is 2. The first kappa shape index (κ1) is 11.6. The van der Waals surface area contributed by atoms with Crippen LogP contribution in [0.15, 0.2) is 0 Å². The van der Waals surface area contributed by atoms with E-state index in [9.17, 15) is 13.0 Å². The molecule has 0 rings (SSSR count). The van der Waals surface area contributed by atoms with E-state index in [4.69, 9.17) is 5.21 Å². The van der Waals surface area contributed by atoms with E-state index >= 15 is 0 Å². The molecule has 0 aromatic carbocycles. The fourth-order valence-electron chi connectivity index (χ4n) is 0.0791. The summed E-state index contributed by atoms with van der Waals surface area (Å²) >= 11 is 0. The molecule has 0 unspecified atom stereocenters. The second kappa shape index (κ2) is 4.68. The van der Waals surface area contributed by atoms with Crippen molar-refractivity contribution in [2.24, 2.45) is 0 Å². The molecule has 0 saturated carbocycles. The van der Waals surface area contributed by atoms with Gasteiger partial charge in [-0.1, -0.05) is 0 Å². The third-order valence-electron chi connectivity index (χ3n) is 0.241. The van der Waals surface area contributed by atoms with Crippen LogP contribution in [0.25, 0.3) is 0 Å². The van der Waals surface area contributed by atoms with Gasteiger partial charge in [-0.15, -0.1) is 0 Å². The van der Waals surface area contributed by atoms with E-state index < -0.39 is 16.0 Å². The van der Waals surface area contributed by atoms with Crippen molar-refractivity contribution >= 4 is 10.1 Å². The second-order valence-electron chi connectivity index (χ2n) is 0.860. The second-order valence-corrected chi connectivity index (χ2v) is 2.26. The quantitative estimate of drug-likeness (QED) is 0.234. The molecule has 44 valence electrons. The molecule has 7 heteroatoms. The predicted molar refractivity (Wildman–Crippen MR) is 19.5 cm³/mol. The number of hydrogen-bond acceptors (Lipinski definition) is 5. The van der Waals surface area contributed by atoms with E-state index in [2.05, 4.69) is 0 Å². The zero-order valence-electron chi connectivity index (χ0n) is 4.29. The molecule has 0 aromatic heterocycles. The maximum Gasteiger partial charge on any atom is 1.00 e. The van der Waals surface area contributed by atoms with Crippen LogP contribution < -0.4 is 35.0 Å². The Kier molecular flexibility index (Phi) is 6.80. The maximum absolute atomic E-state index is 9.45. The molecular weight excluding hydrogens is 145 g/mol. The number of nitrogens with one attached hydrogen (secondary N) is 1. The van der Waals surface area contributed by atoms with Crippen LogP contribution in [-0.4, -0.2) is 24.1 Å². The monoisotopic (exact) mass is 149 g/mol. The smallest absolute Gasteiger partial charge is 0.747 e. The third-order valence-corrected chi connectivity index (χ3v) is 0.724. The first-order valence-corrected chi connectivity index (χ1v) is 2.94. The summed E-state index contributed by atoms with van der Waals surface area (Å²) in [4.78, 5) is 0. The van der Waals surface area contributed by atoms with Crippen molar-refractivity contribution < 1.29 is 47.7 Å². The third kappa shape index (κ3) is 9.95. The Morgan fingerprint density at radius 2 is 2.00 bits per heavy atom. The Balaban J connectivity index is 0. The molecule has 0 spiro atoms. The maximum atomic E-state index is 9.45. The fourth-order valence-corrected chi connectivity index (χ4v) is 0.237. The number of hydroxylamine groups is 1. The van der Waals surface area contributed by atoms with Gasteiger partial charge in [0.05, 0.1) is 0 Å². The van der Waals surface area contributed by atoms with Gasteiger partial charge in [-0.2, -0.15) is 5.48 Å². The van der Waals surface area contributed by atoms with Gasteiger partial charge in [0.2, 0.25) is 0 Å². The van der Waals surface area contributed by atoms with Crippen LogP contribution in [-0.2, 0) is 10.1 Å². The van der Waals surface area contributed by atoms with Crippen molar-refractivity contribution in [2.45, 2.75) is 0 Å². The first-order chi connectivity index (χ1) is 3.06. The predicted octanol–water partition coefficient (Wildman–Crippen LogP) is -4.53. The van der Waals surface area contributed by atoms with Crippen LogP contribution in [0.3, 0.4) is 0 Å². The standard InChI is InChI=1S/CH5NO4S.Na/c3-2-1-7(4,5)6;/h2-3H,1H2,(H,4,5,6);/q;+1/p-1. The van der Waals surface area contributed by atoms with Gasteiger partial charge in [0.1, 0.15) is 16.0 Å². The SMILES string of the molecule is O=S(=O)([O-])CNO.[Na+]. The molecule has 0 bridgehead atoms. The molecule has 2 N–H and O–H groups in total. The molecule has 0 saturated heterocycles. The Morgan fingerprint density at radius 1 is 1.62 bits per heavy atom. The van der Waals surface area contributed by atoms with Crippen molar-refractivity contribution in [3.63, 3.8) is 0 Å². The molecule has 8 heavy (non-hydrogen) atoms. The van der Waals surface area contributed by atoms with Crippen molar-refractivity contribution in [2.75, 3.05) is 5.88 Å². The average molecular weight is 149 g/mol. The molecule has 0 atom stereocenters. The van der Waals surface area contributed by atoms with Crippen molar-refractivity contribution in [3.8, 4) is 0 Å². The molecule has 0 fully saturated rings. The van der Waals surface area contributed by atoms with Crippen LogP contribution in [0.1, 0.15) is 0 Å². The molecule has 0 radical (unpaired) electrons. The minimum atomic E-state index is -4.29. The van der Waals surface area contributed by atoms with Gasteiger partial charge in [0, 0.05) is 0 Å². The summed E-state index contributed by atoms with van der Waals surface area (Å²) in [5.41, 5.74) is 1.21. The summed E-state index contributed by atoms with van der Waals surface area (Å²) in [7, 11) is -4.29. The zero-order chi connectivity index (χ0) is 5.91. The largest absolute Gasteiger partial charge is 1.00 e. The topological polar surface area (TPSA) is 89.5 Å². The first-order valence-electron chi connectivity index (χ1n) is 1.37. The normalized spacial score (nSPS) is 10.2. The molecule has 0 aliphatic heterocycles. The Labute approximate surface area is 69.1 Å². The van der Waals surface area contributed by atoms with E-state index in [1.807, 2.05) is 0 Å². The van der Waals surface area contributed by atoms with Crippen LogP contribution in [0.4, 0.5) is 0 Å². The van der Waals surface area contributed by atoms with Crippen LogP contribution in [0, 0.1) is 0 Å². The molecular formula is CH4NNaO4S. The molecule has 0 aliphatic carbocycles. The average Bonchev–Trinajstić information content (AvgIpc) is 1.30. The Bertz CT molecular complexity index is 129. The summed E-state index contributed by atoms with van der Waals surface area (Å²) < 4.78 is 28.4. The Hall–Kier alpha value is 0.830. The molecule has 0 aliphatic rings.